The van der Waals surface area contributed by atoms with Crippen molar-refractivity contribution in [3.05, 3.63) is 48.0 Å². The Morgan fingerprint density at radius 2 is 1.95 bits per heavy atom. The number of ether oxygens (including phenoxy) is 3. The van der Waals surface area contributed by atoms with E-state index in [1.165, 1.54) is 0 Å². The Morgan fingerprint density at radius 1 is 1.16 bits per heavy atom. The van der Waals surface area contributed by atoms with Crippen LogP contribution < -0.4 is 14.8 Å². The molecule has 38 heavy (non-hydrogen) atoms. The summed E-state index contributed by atoms with van der Waals surface area (Å²) in [7, 11) is 3.10. The number of para-hydroxylation sites is 1. The molecule has 1 fully saturated rings. The highest BCUT2D eigenvalue weighted by atomic mass is 16.5. The second-order valence-electron chi connectivity index (χ2n) is 9.91. The van der Waals surface area contributed by atoms with Crippen molar-refractivity contribution in [2.24, 2.45) is 5.92 Å². The standard InChI is InChI=1S/C28H37N5O5/c1-19(2)13-14-29-28(35)27(20-11-12-24(36-3)25(16-20)37-4)32(17-21-8-7-15-38-21)26(34)18-33-23-10-6-5-9-22(23)30-31-33/h5-6,9-12,16,19,21,27H,7-8,13-15,17-18H2,1-4H3,(H,29,35)/t21-,27+/m0/s1. The summed E-state index contributed by atoms with van der Waals surface area (Å²) in [5.41, 5.74) is 2.08. The lowest BCUT2D eigenvalue weighted by molar-refractivity contribution is -0.143. The highest BCUT2D eigenvalue weighted by molar-refractivity contribution is 5.89. The molecule has 2 amide bonds. The number of nitrogens with zero attached hydrogens (tertiary/aromatic N) is 4. The minimum Gasteiger partial charge on any atom is -0.493 e. The van der Waals surface area contributed by atoms with Gasteiger partial charge in [0.15, 0.2) is 11.5 Å². The summed E-state index contributed by atoms with van der Waals surface area (Å²) in [6.45, 7) is 5.58. The molecule has 1 aliphatic heterocycles. The van der Waals surface area contributed by atoms with Crippen molar-refractivity contribution in [1.29, 1.82) is 0 Å². The maximum atomic E-state index is 14.0. The Bertz CT molecular complexity index is 1240. The number of methoxy groups -OCH3 is 2. The Morgan fingerprint density at radius 3 is 2.66 bits per heavy atom. The number of nitrogens with one attached hydrogen (secondary N) is 1. The van der Waals surface area contributed by atoms with Gasteiger partial charge in [0, 0.05) is 19.7 Å². The smallest absolute Gasteiger partial charge is 0.247 e. The Hall–Kier alpha value is -3.66. The van der Waals surface area contributed by atoms with E-state index in [0.29, 0.717) is 41.6 Å². The first-order chi connectivity index (χ1) is 18.4. The van der Waals surface area contributed by atoms with Crippen LogP contribution in [-0.4, -0.2) is 71.7 Å². The molecule has 1 aromatic heterocycles. The minimum atomic E-state index is -0.895. The molecule has 0 bridgehead atoms. The topological polar surface area (TPSA) is 108 Å². The summed E-state index contributed by atoms with van der Waals surface area (Å²) in [4.78, 5) is 29.3. The SMILES string of the molecule is COc1ccc([C@H](C(=O)NCCC(C)C)N(C[C@@H]2CCCO2)C(=O)Cn2nnc3ccccc32)cc1OC. The fraction of sp³-hybridized carbons (Fsp3) is 0.500. The highest BCUT2D eigenvalue weighted by Crippen LogP contribution is 2.33. The number of aromatic nitrogens is 3. The molecule has 4 rings (SSSR count). The molecule has 10 nitrogen and oxygen atoms in total. The van der Waals surface area contributed by atoms with Gasteiger partial charge in [-0.2, -0.15) is 0 Å². The fourth-order valence-electron chi connectivity index (χ4n) is 4.69. The van der Waals surface area contributed by atoms with Crippen LogP contribution in [0, 0.1) is 5.92 Å². The molecular formula is C28H37N5O5. The van der Waals surface area contributed by atoms with E-state index in [-0.39, 0.29) is 31.0 Å². The molecule has 2 heterocycles. The van der Waals surface area contributed by atoms with Crippen molar-refractivity contribution < 1.29 is 23.8 Å². The van der Waals surface area contributed by atoms with Crippen molar-refractivity contribution in [2.45, 2.75) is 51.8 Å². The predicted molar refractivity (Wildman–Crippen MR) is 143 cm³/mol. The predicted octanol–water partition coefficient (Wildman–Crippen LogP) is 3.36. The minimum absolute atomic E-state index is 0.0592. The number of amides is 2. The summed E-state index contributed by atoms with van der Waals surface area (Å²) in [5, 5.41) is 11.4. The van der Waals surface area contributed by atoms with Crippen LogP contribution in [0.4, 0.5) is 0 Å². The lowest BCUT2D eigenvalue weighted by Crippen LogP contribution is -2.48. The van der Waals surface area contributed by atoms with Crippen molar-refractivity contribution in [1.82, 2.24) is 25.2 Å². The molecule has 2 aromatic carbocycles. The number of benzene rings is 2. The van der Waals surface area contributed by atoms with Crippen molar-refractivity contribution in [3.8, 4) is 11.5 Å². The van der Waals surface area contributed by atoms with Gasteiger partial charge in [0.05, 0.1) is 25.8 Å². The van der Waals surface area contributed by atoms with E-state index in [4.69, 9.17) is 14.2 Å². The molecule has 0 saturated carbocycles. The molecule has 0 unspecified atom stereocenters. The van der Waals surface area contributed by atoms with Gasteiger partial charge in [-0.1, -0.05) is 37.3 Å². The Kier molecular flexibility index (Phi) is 9.17. The quantitative estimate of drug-likeness (QED) is 0.388. The lowest BCUT2D eigenvalue weighted by atomic mass is 10.0. The van der Waals surface area contributed by atoms with Crippen LogP contribution in [0.1, 0.15) is 44.7 Å². The van der Waals surface area contributed by atoms with Crippen LogP contribution >= 0.6 is 0 Å². The number of hydrogen-bond donors (Lipinski definition) is 1. The number of hydrogen-bond acceptors (Lipinski definition) is 7. The normalized spacial score (nSPS) is 16.0. The zero-order valence-corrected chi connectivity index (χ0v) is 22.6. The maximum absolute atomic E-state index is 14.0. The summed E-state index contributed by atoms with van der Waals surface area (Å²) in [6, 6.07) is 11.9. The first-order valence-corrected chi connectivity index (χ1v) is 13.1. The molecule has 1 aliphatic rings. The van der Waals surface area contributed by atoms with Gasteiger partial charge in [0.2, 0.25) is 11.8 Å². The van der Waals surface area contributed by atoms with E-state index in [1.807, 2.05) is 24.3 Å². The van der Waals surface area contributed by atoms with Crippen LogP contribution in [-0.2, 0) is 20.9 Å². The third-order valence-corrected chi connectivity index (χ3v) is 6.75. The third-order valence-electron chi connectivity index (χ3n) is 6.75. The second kappa shape index (κ2) is 12.7. The van der Waals surface area contributed by atoms with Gasteiger partial charge in [-0.3, -0.25) is 9.59 Å². The van der Waals surface area contributed by atoms with E-state index in [2.05, 4.69) is 29.5 Å². The number of carbonyl (C=O) groups excluding carboxylic acids is 2. The van der Waals surface area contributed by atoms with Gasteiger partial charge in [-0.05, 0) is 55.0 Å². The molecule has 2 atom stereocenters. The maximum Gasteiger partial charge on any atom is 0.247 e. The van der Waals surface area contributed by atoms with Crippen LogP contribution in [0.5, 0.6) is 11.5 Å². The Balaban J connectivity index is 1.71. The number of carbonyl (C=O) groups is 2. The van der Waals surface area contributed by atoms with Crippen LogP contribution in [0.25, 0.3) is 11.0 Å². The monoisotopic (exact) mass is 523 g/mol. The highest BCUT2D eigenvalue weighted by Gasteiger charge is 2.35. The van der Waals surface area contributed by atoms with Crippen molar-refractivity contribution >= 4 is 22.8 Å². The zero-order chi connectivity index (χ0) is 27.1. The molecule has 1 saturated heterocycles. The van der Waals surface area contributed by atoms with E-state index in [9.17, 15) is 9.59 Å². The molecule has 1 N–H and O–H groups in total. The van der Waals surface area contributed by atoms with Gasteiger partial charge in [0.1, 0.15) is 18.1 Å². The van der Waals surface area contributed by atoms with Crippen LogP contribution in [0.2, 0.25) is 0 Å². The van der Waals surface area contributed by atoms with E-state index >= 15 is 0 Å². The molecule has 0 radical (unpaired) electrons. The zero-order valence-electron chi connectivity index (χ0n) is 22.6. The van der Waals surface area contributed by atoms with E-state index < -0.39 is 6.04 Å². The summed E-state index contributed by atoms with van der Waals surface area (Å²) in [6.07, 6.45) is 2.42. The molecule has 10 heteroatoms. The van der Waals surface area contributed by atoms with Crippen LogP contribution in [0.15, 0.2) is 42.5 Å². The van der Waals surface area contributed by atoms with Gasteiger partial charge in [-0.25, -0.2) is 4.68 Å². The molecule has 0 spiro atoms. The van der Waals surface area contributed by atoms with Crippen LogP contribution in [0.3, 0.4) is 0 Å². The summed E-state index contributed by atoms with van der Waals surface area (Å²) in [5.74, 6) is 0.945. The fourth-order valence-corrected chi connectivity index (χ4v) is 4.69. The van der Waals surface area contributed by atoms with Gasteiger partial charge >= 0.3 is 0 Å². The Labute approximate surface area is 223 Å². The first-order valence-electron chi connectivity index (χ1n) is 13.1. The summed E-state index contributed by atoms with van der Waals surface area (Å²) < 4.78 is 18.4. The molecular weight excluding hydrogens is 486 g/mol. The molecule has 204 valence electrons. The molecule has 0 aliphatic carbocycles. The van der Waals surface area contributed by atoms with Crippen molar-refractivity contribution in [3.63, 3.8) is 0 Å². The van der Waals surface area contributed by atoms with Gasteiger partial charge in [0.25, 0.3) is 0 Å². The average molecular weight is 524 g/mol. The van der Waals surface area contributed by atoms with E-state index in [0.717, 1.165) is 24.8 Å². The second-order valence-corrected chi connectivity index (χ2v) is 9.91. The first kappa shape index (κ1) is 27.4. The summed E-state index contributed by atoms with van der Waals surface area (Å²) >= 11 is 0. The largest absolute Gasteiger partial charge is 0.493 e. The molecule has 3 aromatic rings. The van der Waals surface area contributed by atoms with Gasteiger partial charge < -0.3 is 24.4 Å². The van der Waals surface area contributed by atoms with Gasteiger partial charge in [-0.15, -0.1) is 5.10 Å². The third kappa shape index (κ3) is 6.42. The average Bonchev–Trinajstić information content (AvgIpc) is 3.58. The van der Waals surface area contributed by atoms with E-state index in [1.54, 1.807) is 42.0 Å². The number of fused-ring (bicyclic) bond motifs is 1. The van der Waals surface area contributed by atoms with Crippen molar-refractivity contribution in [2.75, 3.05) is 33.9 Å². The number of rotatable bonds is 12. The lowest BCUT2D eigenvalue weighted by Gasteiger charge is -2.33.